The highest BCUT2D eigenvalue weighted by molar-refractivity contribution is 5.76. The monoisotopic (exact) mass is 319 g/mol. The van der Waals surface area contributed by atoms with E-state index < -0.39 is 4.92 Å². The summed E-state index contributed by atoms with van der Waals surface area (Å²) in [6, 6.07) is 6.49. The van der Waals surface area contributed by atoms with Crippen LogP contribution in [0, 0.1) is 16.0 Å². The van der Waals surface area contributed by atoms with Crippen molar-refractivity contribution in [1.82, 2.24) is 4.90 Å². The molecule has 6 heteroatoms. The van der Waals surface area contributed by atoms with E-state index in [9.17, 15) is 14.9 Å². The van der Waals surface area contributed by atoms with Crippen molar-refractivity contribution in [1.29, 1.82) is 0 Å². The van der Waals surface area contributed by atoms with Crippen molar-refractivity contribution in [3.05, 3.63) is 34.4 Å². The van der Waals surface area contributed by atoms with E-state index in [0.717, 1.165) is 6.54 Å². The highest BCUT2D eigenvalue weighted by Crippen LogP contribution is 2.25. The minimum absolute atomic E-state index is 0.0375. The summed E-state index contributed by atoms with van der Waals surface area (Å²) < 4.78 is 0. The third-order valence-electron chi connectivity index (χ3n) is 4.44. The molecule has 0 radical (unpaired) electrons. The standard InChI is InChI=1S/C17H25N3O3/c1-19(13-14-7-3-2-4-8-14)17(21)11-12-18-15-9-5-6-10-16(15)20(22)23/h5-6,9-10,14,18H,2-4,7-8,11-13H2,1H3. The second-order valence-corrected chi connectivity index (χ2v) is 6.23. The number of anilines is 1. The normalized spacial score (nSPS) is 15.2. The van der Waals surface area contributed by atoms with Gasteiger partial charge in [0.05, 0.1) is 4.92 Å². The van der Waals surface area contributed by atoms with Gasteiger partial charge in [-0.05, 0) is 24.8 Å². The smallest absolute Gasteiger partial charge is 0.292 e. The van der Waals surface area contributed by atoms with Gasteiger partial charge in [0.15, 0.2) is 0 Å². The van der Waals surface area contributed by atoms with Crippen molar-refractivity contribution < 1.29 is 9.72 Å². The van der Waals surface area contributed by atoms with Crippen molar-refractivity contribution in [3.63, 3.8) is 0 Å². The molecule has 0 atom stereocenters. The molecule has 23 heavy (non-hydrogen) atoms. The summed E-state index contributed by atoms with van der Waals surface area (Å²) in [5.41, 5.74) is 0.496. The summed E-state index contributed by atoms with van der Waals surface area (Å²) in [5.74, 6) is 0.711. The van der Waals surface area contributed by atoms with Crippen molar-refractivity contribution in [2.75, 3.05) is 25.5 Å². The molecule has 0 bridgehead atoms. The van der Waals surface area contributed by atoms with Crippen molar-refractivity contribution in [2.45, 2.75) is 38.5 Å². The van der Waals surface area contributed by atoms with E-state index in [1.54, 1.807) is 23.1 Å². The SMILES string of the molecule is CN(CC1CCCCC1)C(=O)CCNc1ccccc1[N+](=O)[O-]. The van der Waals surface area contributed by atoms with Gasteiger partial charge in [0.1, 0.15) is 5.69 Å². The Balaban J connectivity index is 1.77. The average molecular weight is 319 g/mol. The molecule has 0 aliphatic heterocycles. The van der Waals surface area contributed by atoms with Gasteiger partial charge in [0.25, 0.3) is 5.69 Å². The topological polar surface area (TPSA) is 75.5 Å². The zero-order valence-electron chi connectivity index (χ0n) is 13.7. The van der Waals surface area contributed by atoms with E-state index in [1.165, 1.54) is 38.2 Å². The molecular formula is C17H25N3O3. The maximum atomic E-state index is 12.2. The molecule has 0 aromatic heterocycles. The average Bonchev–Trinajstić information content (AvgIpc) is 2.56. The Bertz CT molecular complexity index is 542. The predicted octanol–water partition coefficient (Wildman–Crippen LogP) is 3.44. The molecule has 0 unspecified atom stereocenters. The summed E-state index contributed by atoms with van der Waals surface area (Å²) in [6.07, 6.45) is 6.62. The molecule has 126 valence electrons. The summed E-state index contributed by atoms with van der Waals surface area (Å²) >= 11 is 0. The fourth-order valence-electron chi connectivity index (χ4n) is 3.14. The second kappa shape index (κ2) is 8.50. The maximum absolute atomic E-state index is 12.2. The van der Waals surface area contributed by atoms with Crippen molar-refractivity contribution >= 4 is 17.3 Å². The molecule has 1 saturated carbocycles. The van der Waals surface area contributed by atoms with Crippen LogP contribution in [-0.2, 0) is 4.79 Å². The fourth-order valence-corrected chi connectivity index (χ4v) is 3.14. The van der Waals surface area contributed by atoms with E-state index in [-0.39, 0.29) is 11.6 Å². The molecule has 1 N–H and O–H groups in total. The number of carbonyl (C=O) groups is 1. The Morgan fingerprint density at radius 1 is 1.30 bits per heavy atom. The summed E-state index contributed by atoms with van der Waals surface area (Å²) in [5, 5.41) is 13.9. The molecular weight excluding hydrogens is 294 g/mol. The lowest BCUT2D eigenvalue weighted by molar-refractivity contribution is -0.384. The minimum atomic E-state index is -0.417. The van der Waals surface area contributed by atoms with Gasteiger partial charge < -0.3 is 10.2 Å². The minimum Gasteiger partial charge on any atom is -0.379 e. The van der Waals surface area contributed by atoms with Gasteiger partial charge in [-0.1, -0.05) is 31.4 Å². The van der Waals surface area contributed by atoms with Gasteiger partial charge in [-0.3, -0.25) is 14.9 Å². The summed E-state index contributed by atoms with van der Waals surface area (Å²) in [6.45, 7) is 1.23. The number of nitrogens with one attached hydrogen (secondary N) is 1. The van der Waals surface area contributed by atoms with Crippen LogP contribution < -0.4 is 5.32 Å². The number of carbonyl (C=O) groups excluding carboxylic acids is 1. The number of nitrogens with zero attached hydrogens (tertiary/aromatic N) is 2. The molecule has 6 nitrogen and oxygen atoms in total. The summed E-state index contributed by atoms with van der Waals surface area (Å²) in [7, 11) is 1.85. The molecule has 0 heterocycles. The van der Waals surface area contributed by atoms with E-state index >= 15 is 0 Å². The van der Waals surface area contributed by atoms with Crippen molar-refractivity contribution in [2.24, 2.45) is 5.92 Å². The Morgan fingerprint density at radius 3 is 2.70 bits per heavy atom. The Labute approximate surface area is 137 Å². The van der Waals surface area contributed by atoms with Crippen LogP contribution in [0.4, 0.5) is 11.4 Å². The number of nitro groups is 1. The van der Waals surface area contributed by atoms with Crippen LogP contribution in [0.3, 0.4) is 0 Å². The molecule has 1 aliphatic rings. The van der Waals surface area contributed by atoms with Gasteiger partial charge in [-0.2, -0.15) is 0 Å². The first-order chi connectivity index (χ1) is 11.1. The van der Waals surface area contributed by atoms with E-state index in [0.29, 0.717) is 24.6 Å². The Morgan fingerprint density at radius 2 is 2.00 bits per heavy atom. The quantitative estimate of drug-likeness (QED) is 0.617. The largest absolute Gasteiger partial charge is 0.379 e. The van der Waals surface area contributed by atoms with E-state index in [2.05, 4.69) is 5.32 Å². The highest BCUT2D eigenvalue weighted by Gasteiger charge is 2.18. The van der Waals surface area contributed by atoms with Crippen molar-refractivity contribution in [3.8, 4) is 0 Å². The second-order valence-electron chi connectivity index (χ2n) is 6.23. The molecule has 2 rings (SSSR count). The predicted molar refractivity (Wildman–Crippen MR) is 90.4 cm³/mol. The van der Waals surface area contributed by atoms with Gasteiger partial charge in [0, 0.05) is 32.6 Å². The van der Waals surface area contributed by atoms with Crippen LogP contribution in [0.2, 0.25) is 0 Å². The number of nitro benzene ring substituents is 1. The molecule has 1 aliphatic carbocycles. The maximum Gasteiger partial charge on any atom is 0.292 e. The lowest BCUT2D eigenvalue weighted by Gasteiger charge is -2.27. The highest BCUT2D eigenvalue weighted by atomic mass is 16.6. The zero-order chi connectivity index (χ0) is 16.7. The number of amides is 1. The number of para-hydroxylation sites is 2. The molecule has 0 spiro atoms. The van der Waals surface area contributed by atoms with Crippen LogP contribution >= 0.6 is 0 Å². The van der Waals surface area contributed by atoms with Gasteiger partial charge >= 0.3 is 0 Å². The molecule has 1 amide bonds. The number of hydrogen-bond donors (Lipinski definition) is 1. The Hall–Kier alpha value is -2.11. The first-order valence-corrected chi connectivity index (χ1v) is 8.29. The fraction of sp³-hybridized carbons (Fsp3) is 0.588. The number of hydrogen-bond acceptors (Lipinski definition) is 4. The van der Waals surface area contributed by atoms with Gasteiger partial charge in [0.2, 0.25) is 5.91 Å². The lowest BCUT2D eigenvalue weighted by Crippen LogP contribution is -2.33. The molecule has 1 aromatic carbocycles. The first kappa shape index (κ1) is 17.2. The number of benzene rings is 1. The van der Waals surface area contributed by atoms with E-state index in [4.69, 9.17) is 0 Å². The molecule has 0 saturated heterocycles. The first-order valence-electron chi connectivity index (χ1n) is 8.29. The number of rotatable bonds is 7. The lowest BCUT2D eigenvalue weighted by atomic mass is 9.89. The van der Waals surface area contributed by atoms with Gasteiger partial charge in [-0.15, -0.1) is 0 Å². The van der Waals surface area contributed by atoms with Crippen LogP contribution in [0.15, 0.2) is 24.3 Å². The zero-order valence-corrected chi connectivity index (χ0v) is 13.7. The third-order valence-corrected chi connectivity index (χ3v) is 4.44. The van der Waals surface area contributed by atoms with Crippen LogP contribution in [-0.4, -0.2) is 35.9 Å². The van der Waals surface area contributed by atoms with Crippen LogP contribution in [0.25, 0.3) is 0 Å². The Kier molecular flexibility index (Phi) is 6.38. The van der Waals surface area contributed by atoms with Gasteiger partial charge in [-0.25, -0.2) is 0 Å². The molecule has 1 aromatic rings. The van der Waals surface area contributed by atoms with Crippen LogP contribution in [0.5, 0.6) is 0 Å². The molecule has 1 fully saturated rings. The van der Waals surface area contributed by atoms with E-state index in [1.807, 2.05) is 7.05 Å². The van der Waals surface area contributed by atoms with Crippen LogP contribution in [0.1, 0.15) is 38.5 Å². The third kappa shape index (κ3) is 5.23. The summed E-state index contributed by atoms with van der Waals surface area (Å²) in [4.78, 5) is 24.5.